The first-order valence-electron chi connectivity index (χ1n) is 7.85. The summed E-state index contributed by atoms with van der Waals surface area (Å²) in [6.07, 6.45) is 2.50. The Morgan fingerprint density at radius 3 is 2.96 bits per heavy atom. The van der Waals surface area contributed by atoms with Crippen LogP contribution < -0.4 is 5.32 Å². The van der Waals surface area contributed by atoms with Crippen LogP contribution in [0.2, 0.25) is 0 Å². The molecular weight excluding hydrogens is 294 g/mol. The van der Waals surface area contributed by atoms with Gasteiger partial charge < -0.3 is 20.3 Å². The third-order valence-electron chi connectivity index (χ3n) is 4.40. The number of H-pyrrole nitrogens is 1. The Morgan fingerprint density at radius 1 is 1.35 bits per heavy atom. The Balaban J connectivity index is 1.65. The maximum absolute atomic E-state index is 12.4. The predicted molar refractivity (Wildman–Crippen MR) is 87.0 cm³/mol. The number of aromatic amines is 1. The van der Waals surface area contributed by atoms with Crippen molar-refractivity contribution in [1.29, 1.82) is 0 Å². The molecule has 1 aromatic carbocycles. The number of rotatable bonds is 3. The molecule has 1 aromatic heterocycles. The first-order valence-corrected chi connectivity index (χ1v) is 7.85. The fraction of sp³-hybridized carbons (Fsp3) is 0.412. The number of hydrogen-bond donors (Lipinski definition) is 3. The van der Waals surface area contributed by atoms with Crippen molar-refractivity contribution in [3.8, 4) is 0 Å². The molecule has 1 aliphatic rings. The van der Waals surface area contributed by atoms with Gasteiger partial charge in [-0.3, -0.25) is 4.79 Å². The minimum atomic E-state index is -0.828. The highest BCUT2D eigenvalue weighted by atomic mass is 16.4. The quantitative estimate of drug-likeness (QED) is 0.813. The van der Waals surface area contributed by atoms with Crippen LogP contribution in [-0.4, -0.2) is 40.1 Å². The fourth-order valence-electron chi connectivity index (χ4n) is 3.28. The number of benzene rings is 1. The molecule has 2 amide bonds. The lowest BCUT2D eigenvalue weighted by atomic mass is 9.91. The van der Waals surface area contributed by atoms with E-state index in [2.05, 4.69) is 10.3 Å². The molecule has 1 aliphatic heterocycles. The van der Waals surface area contributed by atoms with Gasteiger partial charge in [0.1, 0.15) is 0 Å². The summed E-state index contributed by atoms with van der Waals surface area (Å²) < 4.78 is 0. The number of carboxylic acids is 1. The van der Waals surface area contributed by atoms with Crippen LogP contribution in [0, 0.1) is 11.8 Å². The number of aromatic nitrogens is 1. The lowest BCUT2D eigenvalue weighted by Crippen LogP contribution is -2.49. The molecule has 2 unspecified atom stereocenters. The van der Waals surface area contributed by atoms with Gasteiger partial charge in [-0.25, -0.2) is 4.79 Å². The molecule has 2 heterocycles. The molecule has 6 heteroatoms. The zero-order valence-corrected chi connectivity index (χ0v) is 13.1. The number of para-hydroxylation sites is 1. The van der Waals surface area contributed by atoms with Crippen molar-refractivity contribution in [3.63, 3.8) is 0 Å². The molecule has 23 heavy (non-hydrogen) atoms. The summed E-state index contributed by atoms with van der Waals surface area (Å²) in [4.78, 5) is 28.4. The van der Waals surface area contributed by atoms with Gasteiger partial charge in [0.15, 0.2) is 0 Å². The SMILES string of the molecule is CC1CC(C(=O)O)CN(C(=O)NCc2cccc3cc[nH]c23)C1. The molecule has 0 saturated carbocycles. The summed E-state index contributed by atoms with van der Waals surface area (Å²) in [6, 6.07) is 7.73. The van der Waals surface area contributed by atoms with E-state index >= 15 is 0 Å². The summed E-state index contributed by atoms with van der Waals surface area (Å²) in [6.45, 7) is 3.27. The highest BCUT2D eigenvalue weighted by Gasteiger charge is 2.31. The van der Waals surface area contributed by atoms with E-state index in [1.54, 1.807) is 4.90 Å². The van der Waals surface area contributed by atoms with Crippen molar-refractivity contribution < 1.29 is 14.7 Å². The number of hydrogen-bond acceptors (Lipinski definition) is 2. The van der Waals surface area contributed by atoms with Gasteiger partial charge >= 0.3 is 12.0 Å². The Labute approximate surface area is 134 Å². The molecule has 1 fully saturated rings. The number of nitrogens with zero attached hydrogens (tertiary/aromatic N) is 1. The summed E-state index contributed by atoms with van der Waals surface area (Å²) in [5, 5.41) is 13.2. The smallest absolute Gasteiger partial charge is 0.317 e. The normalized spacial score (nSPS) is 21.3. The zero-order chi connectivity index (χ0) is 16.4. The number of carbonyl (C=O) groups is 2. The summed E-state index contributed by atoms with van der Waals surface area (Å²) >= 11 is 0. The average Bonchev–Trinajstić information content (AvgIpc) is 3.01. The van der Waals surface area contributed by atoms with Crippen LogP contribution in [0.25, 0.3) is 10.9 Å². The Hall–Kier alpha value is -2.50. The van der Waals surface area contributed by atoms with Crippen molar-refractivity contribution in [1.82, 2.24) is 15.2 Å². The van der Waals surface area contributed by atoms with E-state index in [-0.39, 0.29) is 18.5 Å². The van der Waals surface area contributed by atoms with E-state index in [0.717, 1.165) is 16.5 Å². The molecule has 0 radical (unpaired) electrons. The summed E-state index contributed by atoms with van der Waals surface area (Å²) in [5.41, 5.74) is 2.03. The van der Waals surface area contributed by atoms with Crippen LogP contribution in [0.1, 0.15) is 18.9 Å². The molecule has 0 bridgehead atoms. The Morgan fingerprint density at radius 2 is 2.17 bits per heavy atom. The van der Waals surface area contributed by atoms with Gasteiger partial charge in [-0.15, -0.1) is 0 Å². The standard InChI is InChI=1S/C17H21N3O3/c1-11-7-14(16(21)22)10-20(9-11)17(23)19-8-13-4-2-3-12-5-6-18-15(12)13/h2-6,11,14,18H,7-10H2,1H3,(H,19,23)(H,21,22). The van der Waals surface area contributed by atoms with Gasteiger partial charge in [-0.2, -0.15) is 0 Å². The number of fused-ring (bicyclic) bond motifs is 1. The second-order valence-corrected chi connectivity index (χ2v) is 6.30. The van der Waals surface area contributed by atoms with E-state index in [9.17, 15) is 14.7 Å². The predicted octanol–water partition coefficient (Wildman–Crippen LogP) is 2.42. The van der Waals surface area contributed by atoms with Gasteiger partial charge in [0.25, 0.3) is 0 Å². The van der Waals surface area contributed by atoms with Crippen LogP contribution in [0.3, 0.4) is 0 Å². The molecule has 1 saturated heterocycles. The first-order chi connectivity index (χ1) is 11.0. The van der Waals surface area contributed by atoms with Crippen molar-refractivity contribution >= 4 is 22.9 Å². The minimum Gasteiger partial charge on any atom is -0.481 e. The van der Waals surface area contributed by atoms with Crippen molar-refractivity contribution in [3.05, 3.63) is 36.0 Å². The summed E-state index contributed by atoms with van der Waals surface area (Å²) in [5.74, 6) is -1.11. The van der Waals surface area contributed by atoms with Crippen LogP contribution >= 0.6 is 0 Å². The lowest BCUT2D eigenvalue weighted by molar-refractivity contribution is -0.143. The fourth-order valence-corrected chi connectivity index (χ4v) is 3.28. The lowest BCUT2D eigenvalue weighted by Gasteiger charge is -2.34. The first kappa shape index (κ1) is 15.4. The number of carbonyl (C=O) groups excluding carboxylic acids is 1. The highest BCUT2D eigenvalue weighted by Crippen LogP contribution is 2.22. The average molecular weight is 315 g/mol. The molecule has 0 aliphatic carbocycles. The maximum atomic E-state index is 12.4. The third-order valence-corrected chi connectivity index (χ3v) is 4.40. The van der Waals surface area contributed by atoms with Gasteiger partial charge in [0.05, 0.1) is 11.4 Å². The van der Waals surface area contributed by atoms with E-state index in [1.807, 2.05) is 37.4 Å². The molecule has 6 nitrogen and oxygen atoms in total. The number of urea groups is 1. The van der Waals surface area contributed by atoms with Gasteiger partial charge in [-0.1, -0.05) is 25.1 Å². The monoisotopic (exact) mass is 315 g/mol. The molecule has 3 rings (SSSR count). The second-order valence-electron chi connectivity index (χ2n) is 6.30. The number of nitrogens with one attached hydrogen (secondary N) is 2. The van der Waals surface area contributed by atoms with Crippen LogP contribution in [-0.2, 0) is 11.3 Å². The largest absolute Gasteiger partial charge is 0.481 e. The molecule has 2 atom stereocenters. The van der Waals surface area contributed by atoms with Crippen LogP contribution in [0.5, 0.6) is 0 Å². The minimum absolute atomic E-state index is 0.197. The Kier molecular flexibility index (Phi) is 4.23. The van der Waals surface area contributed by atoms with E-state index < -0.39 is 11.9 Å². The number of aliphatic carboxylic acids is 1. The maximum Gasteiger partial charge on any atom is 0.317 e. The van der Waals surface area contributed by atoms with Crippen LogP contribution in [0.4, 0.5) is 4.79 Å². The van der Waals surface area contributed by atoms with Crippen molar-refractivity contribution in [2.75, 3.05) is 13.1 Å². The van der Waals surface area contributed by atoms with Gasteiger partial charge in [0, 0.05) is 25.8 Å². The molecule has 3 N–H and O–H groups in total. The molecule has 122 valence electrons. The third kappa shape index (κ3) is 3.31. The van der Waals surface area contributed by atoms with E-state index in [0.29, 0.717) is 19.5 Å². The Bertz CT molecular complexity index is 725. The topological polar surface area (TPSA) is 85.4 Å². The molecular formula is C17H21N3O3. The number of piperidine rings is 1. The van der Waals surface area contributed by atoms with E-state index in [4.69, 9.17) is 0 Å². The summed E-state index contributed by atoms with van der Waals surface area (Å²) in [7, 11) is 0. The van der Waals surface area contributed by atoms with Crippen molar-refractivity contribution in [2.45, 2.75) is 19.9 Å². The highest BCUT2D eigenvalue weighted by molar-refractivity contribution is 5.83. The number of likely N-dealkylation sites (tertiary alicyclic amines) is 1. The molecule has 2 aromatic rings. The van der Waals surface area contributed by atoms with E-state index in [1.165, 1.54) is 0 Å². The zero-order valence-electron chi connectivity index (χ0n) is 13.1. The number of carboxylic acid groups (broad SMARTS) is 1. The van der Waals surface area contributed by atoms with Crippen molar-refractivity contribution in [2.24, 2.45) is 11.8 Å². The number of amides is 2. The second kappa shape index (κ2) is 6.32. The van der Waals surface area contributed by atoms with Gasteiger partial charge in [-0.05, 0) is 29.4 Å². The van der Waals surface area contributed by atoms with Gasteiger partial charge in [0.2, 0.25) is 0 Å². The molecule has 0 spiro atoms. The van der Waals surface area contributed by atoms with Crippen LogP contribution in [0.15, 0.2) is 30.5 Å².